The number of ether oxygens (including phenoxy) is 1. The maximum atomic E-state index is 11.9. The number of esters is 1. The molecule has 0 unspecified atom stereocenters. The normalized spacial score (nSPS) is 15.7. The van der Waals surface area contributed by atoms with Gasteiger partial charge in [-0.25, -0.2) is 9.97 Å². The highest BCUT2D eigenvalue weighted by Crippen LogP contribution is 2.39. The van der Waals surface area contributed by atoms with E-state index < -0.39 is 17.4 Å². The molecule has 1 N–H and O–H groups in total. The van der Waals surface area contributed by atoms with E-state index in [1.165, 1.54) is 11.8 Å². The molecule has 1 aromatic heterocycles. The lowest BCUT2D eigenvalue weighted by molar-refractivity contribution is -0.148. The first-order valence-electron chi connectivity index (χ1n) is 8.55. The van der Waals surface area contributed by atoms with Crippen molar-refractivity contribution < 1.29 is 14.3 Å². The van der Waals surface area contributed by atoms with Gasteiger partial charge in [-0.05, 0) is 57.8 Å². The van der Waals surface area contributed by atoms with Gasteiger partial charge in [0.1, 0.15) is 5.54 Å². The van der Waals surface area contributed by atoms with Crippen LogP contribution in [0.4, 0.5) is 0 Å². The van der Waals surface area contributed by atoms with Crippen molar-refractivity contribution in [3.63, 3.8) is 0 Å². The molecule has 140 valence electrons. The standard InChI is InChI=1S/C18H24N4O3S/c1-11-14(12(2)21-17(20-11)26-4)7-8-16(24)25-9-15(23)22-18(3,10-19)13-5-6-13/h13H,5-9H2,1-4H3,(H,22,23)/t18-/m1/s1. The summed E-state index contributed by atoms with van der Waals surface area (Å²) in [6, 6.07) is 2.14. The molecule has 0 bridgehead atoms. The number of aromatic nitrogens is 2. The van der Waals surface area contributed by atoms with Crippen LogP contribution in [0.3, 0.4) is 0 Å². The molecule has 7 nitrogen and oxygen atoms in total. The number of rotatable bonds is 8. The van der Waals surface area contributed by atoms with Crippen LogP contribution in [0.15, 0.2) is 5.16 Å². The van der Waals surface area contributed by atoms with Gasteiger partial charge in [0.25, 0.3) is 5.91 Å². The quantitative estimate of drug-likeness (QED) is 0.421. The predicted octanol–water partition coefficient (Wildman–Crippen LogP) is 2.10. The zero-order valence-electron chi connectivity index (χ0n) is 15.6. The third-order valence-corrected chi connectivity index (χ3v) is 5.10. The number of aryl methyl sites for hydroxylation is 2. The van der Waals surface area contributed by atoms with E-state index in [0.29, 0.717) is 11.6 Å². The number of hydrogen-bond acceptors (Lipinski definition) is 7. The Morgan fingerprint density at radius 3 is 2.46 bits per heavy atom. The van der Waals surface area contributed by atoms with Gasteiger partial charge in [-0.1, -0.05) is 11.8 Å². The van der Waals surface area contributed by atoms with Crippen LogP contribution in [0.1, 0.15) is 43.1 Å². The number of nitriles is 1. The van der Waals surface area contributed by atoms with Crippen molar-refractivity contribution in [2.75, 3.05) is 12.9 Å². The zero-order valence-corrected chi connectivity index (χ0v) is 16.4. The first kappa shape index (κ1) is 20.2. The van der Waals surface area contributed by atoms with Crippen LogP contribution in [0.2, 0.25) is 0 Å². The fourth-order valence-electron chi connectivity index (χ4n) is 2.81. The molecule has 1 saturated carbocycles. The Labute approximate surface area is 157 Å². The van der Waals surface area contributed by atoms with Crippen LogP contribution in [0, 0.1) is 31.1 Å². The molecule has 1 heterocycles. The third kappa shape index (κ3) is 5.18. The van der Waals surface area contributed by atoms with Gasteiger partial charge in [0, 0.05) is 17.8 Å². The Morgan fingerprint density at radius 1 is 1.35 bits per heavy atom. The van der Waals surface area contributed by atoms with E-state index in [1.807, 2.05) is 20.1 Å². The molecule has 26 heavy (non-hydrogen) atoms. The minimum absolute atomic E-state index is 0.148. The first-order chi connectivity index (χ1) is 12.3. The minimum Gasteiger partial charge on any atom is -0.456 e. The largest absolute Gasteiger partial charge is 0.456 e. The maximum absolute atomic E-state index is 11.9. The smallest absolute Gasteiger partial charge is 0.306 e. The molecule has 2 rings (SSSR count). The van der Waals surface area contributed by atoms with Crippen molar-refractivity contribution in [2.45, 2.75) is 57.1 Å². The second kappa shape index (κ2) is 8.49. The molecular formula is C18H24N4O3S. The van der Waals surface area contributed by atoms with Gasteiger partial charge in [-0.3, -0.25) is 9.59 Å². The lowest BCUT2D eigenvalue weighted by Gasteiger charge is -2.22. The number of hydrogen-bond donors (Lipinski definition) is 1. The van der Waals surface area contributed by atoms with E-state index in [-0.39, 0.29) is 18.9 Å². The fraction of sp³-hybridized carbons (Fsp3) is 0.611. The molecule has 1 amide bonds. The topological polar surface area (TPSA) is 105 Å². The highest BCUT2D eigenvalue weighted by atomic mass is 32.2. The van der Waals surface area contributed by atoms with Gasteiger partial charge in [0.2, 0.25) is 0 Å². The molecule has 1 atom stereocenters. The average molecular weight is 376 g/mol. The highest BCUT2D eigenvalue weighted by Gasteiger charge is 2.43. The van der Waals surface area contributed by atoms with Crippen LogP contribution >= 0.6 is 11.8 Å². The number of carbonyl (C=O) groups is 2. The van der Waals surface area contributed by atoms with Crippen molar-refractivity contribution >= 4 is 23.6 Å². The monoisotopic (exact) mass is 376 g/mol. The minimum atomic E-state index is -0.881. The summed E-state index contributed by atoms with van der Waals surface area (Å²) in [5.41, 5.74) is 1.74. The number of carbonyl (C=O) groups excluding carboxylic acids is 2. The van der Waals surface area contributed by atoms with Gasteiger partial charge >= 0.3 is 5.97 Å². The van der Waals surface area contributed by atoms with Gasteiger partial charge in [0.15, 0.2) is 11.8 Å². The fourth-order valence-corrected chi connectivity index (χ4v) is 3.27. The summed E-state index contributed by atoms with van der Waals surface area (Å²) < 4.78 is 5.04. The molecule has 8 heteroatoms. The summed E-state index contributed by atoms with van der Waals surface area (Å²) in [7, 11) is 0. The number of thioether (sulfide) groups is 1. The van der Waals surface area contributed by atoms with E-state index in [4.69, 9.17) is 4.74 Å². The van der Waals surface area contributed by atoms with Gasteiger partial charge in [-0.2, -0.15) is 5.26 Å². The molecule has 1 aliphatic rings. The van der Waals surface area contributed by atoms with Crippen LogP contribution in [0.25, 0.3) is 0 Å². The van der Waals surface area contributed by atoms with Crippen LogP contribution in [-0.4, -0.2) is 40.2 Å². The third-order valence-electron chi connectivity index (χ3n) is 4.55. The molecule has 0 aliphatic heterocycles. The number of nitrogens with one attached hydrogen (secondary N) is 1. The number of amides is 1. The van der Waals surface area contributed by atoms with Crippen molar-refractivity contribution in [3.05, 3.63) is 17.0 Å². The van der Waals surface area contributed by atoms with Crippen molar-refractivity contribution in [2.24, 2.45) is 5.92 Å². The Kier molecular flexibility index (Phi) is 6.59. The summed E-state index contributed by atoms with van der Waals surface area (Å²) in [6.45, 7) is 5.11. The molecule has 0 spiro atoms. The van der Waals surface area contributed by atoms with Gasteiger partial charge in [-0.15, -0.1) is 0 Å². The van der Waals surface area contributed by atoms with E-state index in [0.717, 1.165) is 29.8 Å². The Bertz CT molecular complexity index is 719. The molecule has 1 fully saturated rings. The van der Waals surface area contributed by atoms with Crippen LogP contribution in [-0.2, 0) is 20.7 Å². The molecular weight excluding hydrogens is 352 g/mol. The summed E-state index contributed by atoms with van der Waals surface area (Å²) in [6.07, 6.45) is 4.39. The van der Waals surface area contributed by atoms with E-state index >= 15 is 0 Å². The van der Waals surface area contributed by atoms with E-state index in [1.54, 1.807) is 6.92 Å². The summed E-state index contributed by atoms with van der Waals surface area (Å²) in [4.78, 5) is 32.6. The van der Waals surface area contributed by atoms with E-state index in [9.17, 15) is 14.9 Å². The average Bonchev–Trinajstić information content (AvgIpc) is 3.44. The second-order valence-corrected chi connectivity index (χ2v) is 7.43. The summed E-state index contributed by atoms with van der Waals surface area (Å²) >= 11 is 1.47. The molecule has 0 aromatic carbocycles. The molecule has 1 aromatic rings. The molecule has 1 aliphatic carbocycles. The number of nitrogens with zero attached hydrogens (tertiary/aromatic N) is 3. The Balaban J connectivity index is 1.81. The van der Waals surface area contributed by atoms with Crippen molar-refractivity contribution in [3.8, 4) is 6.07 Å². The predicted molar refractivity (Wildman–Crippen MR) is 97.5 cm³/mol. The lowest BCUT2D eigenvalue weighted by atomic mass is 9.98. The summed E-state index contributed by atoms with van der Waals surface area (Å²) in [5, 5.41) is 12.6. The molecule has 0 radical (unpaired) electrons. The maximum Gasteiger partial charge on any atom is 0.306 e. The first-order valence-corrected chi connectivity index (χ1v) is 9.77. The van der Waals surface area contributed by atoms with Crippen molar-refractivity contribution in [1.82, 2.24) is 15.3 Å². The van der Waals surface area contributed by atoms with Gasteiger partial charge < -0.3 is 10.1 Å². The van der Waals surface area contributed by atoms with Gasteiger partial charge in [0.05, 0.1) is 6.07 Å². The highest BCUT2D eigenvalue weighted by molar-refractivity contribution is 7.98. The van der Waals surface area contributed by atoms with Crippen molar-refractivity contribution in [1.29, 1.82) is 5.26 Å². The van der Waals surface area contributed by atoms with Crippen LogP contribution < -0.4 is 5.32 Å². The SMILES string of the molecule is CSc1nc(C)c(CCC(=O)OCC(=O)N[C@](C)(C#N)C2CC2)c(C)n1. The molecule has 0 saturated heterocycles. The lowest BCUT2D eigenvalue weighted by Crippen LogP contribution is -2.48. The Morgan fingerprint density at radius 2 is 1.96 bits per heavy atom. The van der Waals surface area contributed by atoms with E-state index in [2.05, 4.69) is 21.4 Å². The second-order valence-electron chi connectivity index (χ2n) is 6.66. The zero-order chi connectivity index (χ0) is 19.3. The van der Waals surface area contributed by atoms with Crippen LogP contribution in [0.5, 0.6) is 0 Å². The Hall–Kier alpha value is -2.14. The summed E-state index contributed by atoms with van der Waals surface area (Å²) in [5.74, 6) is -0.727.